The molecule has 0 spiro atoms. The van der Waals surface area contributed by atoms with Crippen LogP contribution in [0.3, 0.4) is 0 Å². The highest BCUT2D eigenvalue weighted by Gasteiger charge is 2.19. The highest BCUT2D eigenvalue weighted by molar-refractivity contribution is 6.00. The van der Waals surface area contributed by atoms with Gasteiger partial charge < -0.3 is 31.3 Å². The Hall–Kier alpha value is -4.73. The average Bonchev–Trinajstić information content (AvgIpc) is 3.26. The monoisotopic (exact) mass is 460 g/mol. The molecular formula is C24H24N6O4. The maximum Gasteiger partial charge on any atom is 0.252 e. The number of H-pyrrole nitrogens is 2. The molecule has 1 atom stereocenters. The van der Waals surface area contributed by atoms with Crippen LogP contribution < -0.4 is 26.5 Å². The Labute approximate surface area is 195 Å². The molecule has 174 valence electrons. The summed E-state index contributed by atoms with van der Waals surface area (Å²) in [6.07, 6.45) is 3.63. The molecule has 2 aromatic carbocycles. The van der Waals surface area contributed by atoms with Gasteiger partial charge in [-0.25, -0.2) is 9.97 Å². The van der Waals surface area contributed by atoms with E-state index in [1.54, 1.807) is 18.2 Å². The number of nitrogens with one attached hydrogen (secondary N) is 4. The number of aliphatic carboxylic acids is 1. The van der Waals surface area contributed by atoms with Crippen LogP contribution in [-0.4, -0.2) is 40.3 Å². The van der Waals surface area contributed by atoms with Crippen LogP contribution >= 0.6 is 0 Å². The van der Waals surface area contributed by atoms with E-state index >= 15 is 0 Å². The first-order valence-electron chi connectivity index (χ1n) is 10.4. The largest absolute Gasteiger partial charge is 0.550 e. The number of hydrogen-bond acceptors (Lipinski definition) is 6. The normalized spacial score (nSPS) is 11.1. The van der Waals surface area contributed by atoms with E-state index in [1.165, 1.54) is 0 Å². The van der Waals surface area contributed by atoms with Gasteiger partial charge in [0.1, 0.15) is 11.9 Å². The smallest absolute Gasteiger partial charge is 0.252 e. The number of nitrogens with two attached hydrogens (primary N) is 1. The number of aromatic amines is 2. The van der Waals surface area contributed by atoms with Crippen molar-refractivity contribution in [2.45, 2.75) is 13.0 Å². The molecule has 0 fully saturated rings. The molecule has 0 saturated heterocycles. The first kappa shape index (κ1) is 23.9. The number of nitrogens with zero attached hydrogens (tertiary/aromatic N) is 1. The predicted molar refractivity (Wildman–Crippen MR) is 124 cm³/mol. The van der Waals surface area contributed by atoms with E-state index in [1.807, 2.05) is 54.9 Å². The fraction of sp³-hybridized carbons (Fsp3) is 0.125. The van der Waals surface area contributed by atoms with Crippen LogP contribution in [0.1, 0.15) is 17.3 Å². The summed E-state index contributed by atoms with van der Waals surface area (Å²) in [6, 6.07) is 17.5. The lowest BCUT2D eigenvalue weighted by Gasteiger charge is -2.17. The van der Waals surface area contributed by atoms with Crippen LogP contribution in [0, 0.1) is 0 Å². The molecule has 2 aromatic heterocycles. The zero-order valence-corrected chi connectivity index (χ0v) is 18.4. The number of benzene rings is 2. The van der Waals surface area contributed by atoms with Gasteiger partial charge in [-0.05, 0) is 37.3 Å². The summed E-state index contributed by atoms with van der Waals surface area (Å²) in [5.74, 6) is -1.38. The average molecular weight is 460 g/mol. The molecule has 0 radical (unpaired) electrons. The fourth-order valence-corrected chi connectivity index (χ4v) is 3.07. The molecule has 4 aromatic rings. The number of carbonyl (C=O) groups excluding carboxylic acids is 3. The minimum Gasteiger partial charge on any atom is -0.550 e. The number of anilines is 1. The molecule has 0 bridgehead atoms. The molecule has 0 aliphatic rings. The minimum absolute atomic E-state index is 0.187. The number of imidazole rings is 1. The van der Waals surface area contributed by atoms with Crippen LogP contribution in [0.15, 0.2) is 73.1 Å². The van der Waals surface area contributed by atoms with E-state index < -0.39 is 17.9 Å². The zero-order chi connectivity index (χ0) is 24.5. The predicted octanol–water partition coefficient (Wildman–Crippen LogP) is 0.496. The van der Waals surface area contributed by atoms with Gasteiger partial charge in [0.2, 0.25) is 5.91 Å². The first-order valence-corrected chi connectivity index (χ1v) is 10.4. The molecule has 10 heteroatoms. The molecule has 0 aliphatic heterocycles. The summed E-state index contributed by atoms with van der Waals surface area (Å²) in [4.78, 5) is 44.1. The number of pyridine rings is 1. The Bertz CT molecular complexity index is 1270. The minimum atomic E-state index is -1.08. The lowest BCUT2D eigenvalue weighted by Crippen LogP contribution is -2.48. The molecule has 0 aliphatic carbocycles. The van der Waals surface area contributed by atoms with Gasteiger partial charge >= 0.3 is 0 Å². The van der Waals surface area contributed by atoms with Crippen molar-refractivity contribution in [3.05, 3.63) is 78.6 Å². The summed E-state index contributed by atoms with van der Waals surface area (Å²) in [7, 11) is 0. The van der Waals surface area contributed by atoms with E-state index in [-0.39, 0.29) is 12.5 Å². The Morgan fingerprint density at radius 3 is 2.41 bits per heavy atom. The van der Waals surface area contributed by atoms with Crippen LogP contribution in [-0.2, 0) is 9.59 Å². The van der Waals surface area contributed by atoms with Gasteiger partial charge in [0.15, 0.2) is 12.4 Å². The van der Waals surface area contributed by atoms with Gasteiger partial charge in [-0.15, -0.1) is 0 Å². The number of primary amides is 1. The zero-order valence-electron chi connectivity index (χ0n) is 18.4. The number of para-hydroxylation sites is 1. The number of carboxylic acids is 1. The Balaban J connectivity index is 0.000000751. The Morgan fingerprint density at radius 2 is 1.76 bits per heavy atom. The molecule has 6 N–H and O–H groups in total. The lowest BCUT2D eigenvalue weighted by atomic mass is 10.1. The van der Waals surface area contributed by atoms with Crippen LogP contribution in [0.4, 0.5) is 5.69 Å². The molecule has 2 amide bonds. The molecule has 4 rings (SSSR count). The van der Waals surface area contributed by atoms with Crippen molar-refractivity contribution in [1.82, 2.24) is 15.3 Å². The molecule has 34 heavy (non-hydrogen) atoms. The van der Waals surface area contributed by atoms with E-state index in [0.717, 1.165) is 29.2 Å². The maximum absolute atomic E-state index is 12.7. The van der Waals surface area contributed by atoms with E-state index in [9.17, 15) is 9.59 Å². The van der Waals surface area contributed by atoms with Crippen molar-refractivity contribution in [2.24, 2.45) is 5.73 Å². The Kier molecular flexibility index (Phi) is 7.90. The molecule has 2 heterocycles. The van der Waals surface area contributed by atoms with Gasteiger partial charge in [-0.3, -0.25) is 9.59 Å². The van der Waals surface area contributed by atoms with Gasteiger partial charge in [-0.2, -0.15) is 0 Å². The third kappa shape index (κ3) is 6.63. The number of fused-ring (bicyclic) bond motifs is 1. The number of carbonyl (C=O) groups is 3. The van der Waals surface area contributed by atoms with E-state index in [2.05, 4.69) is 25.6 Å². The van der Waals surface area contributed by atoms with Crippen LogP contribution in [0.5, 0.6) is 0 Å². The van der Waals surface area contributed by atoms with Gasteiger partial charge in [0.05, 0.1) is 11.0 Å². The van der Waals surface area contributed by atoms with E-state index in [4.69, 9.17) is 15.6 Å². The standard InChI is InChI=1S/C22H20N6O2.C2H4O2/c23-20(29)19(13-25-16-4-2-1-3-5-16)28-22(30)15-6-7-17-18(12-15)27-21(26-17)14-8-10-24-11-9-14;1-2(3)4/h1-12,19,25H,13H2,(H2,23,29)(H,26,27)(H,28,30);1H3,(H,3,4)/t19-;/m0./s1. The molecule has 0 unspecified atom stereocenters. The van der Waals surface area contributed by atoms with Gasteiger partial charge in [0, 0.05) is 41.5 Å². The highest BCUT2D eigenvalue weighted by Crippen LogP contribution is 2.20. The first-order chi connectivity index (χ1) is 16.3. The molecular weight excluding hydrogens is 436 g/mol. The van der Waals surface area contributed by atoms with E-state index in [0.29, 0.717) is 11.4 Å². The van der Waals surface area contributed by atoms with Crippen LogP contribution in [0.2, 0.25) is 0 Å². The van der Waals surface area contributed by atoms with Crippen molar-refractivity contribution < 1.29 is 24.5 Å². The quantitative estimate of drug-likeness (QED) is 0.313. The molecule has 10 nitrogen and oxygen atoms in total. The third-order valence-corrected chi connectivity index (χ3v) is 4.67. The summed E-state index contributed by atoms with van der Waals surface area (Å²) in [6.45, 7) is 1.16. The molecule has 0 saturated carbocycles. The second-order valence-electron chi connectivity index (χ2n) is 7.27. The third-order valence-electron chi connectivity index (χ3n) is 4.67. The lowest BCUT2D eigenvalue weighted by molar-refractivity contribution is -0.377. The summed E-state index contributed by atoms with van der Waals surface area (Å²) >= 11 is 0. The topological polar surface area (TPSA) is 167 Å². The number of aromatic nitrogens is 3. The number of hydrogen-bond donors (Lipinski definition) is 4. The number of amides is 2. The van der Waals surface area contributed by atoms with Gasteiger partial charge in [-0.1, -0.05) is 18.2 Å². The van der Waals surface area contributed by atoms with Crippen molar-refractivity contribution >= 4 is 34.5 Å². The summed E-state index contributed by atoms with van der Waals surface area (Å²) in [5, 5.41) is 14.7. The maximum atomic E-state index is 12.7. The highest BCUT2D eigenvalue weighted by atomic mass is 16.4. The Morgan fingerprint density at radius 1 is 1.09 bits per heavy atom. The van der Waals surface area contributed by atoms with Crippen molar-refractivity contribution in [3.8, 4) is 11.4 Å². The summed E-state index contributed by atoms with van der Waals surface area (Å²) in [5.41, 5.74) is 9.11. The van der Waals surface area contributed by atoms with Crippen molar-refractivity contribution in [2.75, 3.05) is 11.9 Å². The second kappa shape index (κ2) is 11.2. The van der Waals surface area contributed by atoms with Crippen molar-refractivity contribution in [3.63, 3.8) is 0 Å². The number of carboxylic acid groups (broad SMARTS) is 1. The number of rotatable bonds is 7. The van der Waals surface area contributed by atoms with Crippen LogP contribution in [0.25, 0.3) is 22.4 Å². The summed E-state index contributed by atoms with van der Waals surface area (Å²) < 4.78 is 0. The second-order valence-corrected chi connectivity index (χ2v) is 7.27. The fourth-order valence-electron chi connectivity index (χ4n) is 3.07. The SMILES string of the molecule is CC(=O)[O-].NC(=O)[C@H](CNc1ccccc1)NC(=O)c1ccc2nc(-c3cc[nH+]cc3)[nH]c2c1. The van der Waals surface area contributed by atoms with Crippen molar-refractivity contribution in [1.29, 1.82) is 0 Å². The van der Waals surface area contributed by atoms with Gasteiger partial charge in [0.25, 0.3) is 5.91 Å².